The molecule has 0 atom stereocenters. The van der Waals surface area contributed by atoms with E-state index in [2.05, 4.69) is 15.0 Å². The molecule has 1 aromatic carbocycles. The van der Waals surface area contributed by atoms with Gasteiger partial charge < -0.3 is 5.73 Å². The Balaban J connectivity index is 2.14. The van der Waals surface area contributed by atoms with Crippen LogP contribution in [0.2, 0.25) is 5.02 Å². The van der Waals surface area contributed by atoms with E-state index in [4.69, 9.17) is 17.3 Å². The molecule has 2 N–H and O–H groups in total. The standard InChI is InChI=1S/C13H15ClN4/c1-8-16-9(2)18-12(17-8)7-6-10-4-3-5-11(14)13(10)15/h3-5H,6-7,15H2,1-2H3. The van der Waals surface area contributed by atoms with Crippen molar-refractivity contribution in [1.29, 1.82) is 0 Å². The highest BCUT2D eigenvalue weighted by Gasteiger charge is 2.06. The number of benzene rings is 1. The Hall–Kier alpha value is -1.68. The van der Waals surface area contributed by atoms with Gasteiger partial charge in [0.25, 0.3) is 0 Å². The predicted octanol–water partition coefficient (Wildman–Crippen LogP) is 2.51. The van der Waals surface area contributed by atoms with Crippen LogP contribution < -0.4 is 5.73 Å². The SMILES string of the molecule is Cc1nc(C)nc(CCc2cccc(Cl)c2N)n1. The summed E-state index contributed by atoms with van der Waals surface area (Å²) in [5, 5.41) is 0.593. The number of anilines is 1. The summed E-state index contributed by atoms with van der Waals surface area (Å²) in [6, 6.07) is 5.66. The summed E-state index contributed by atoms with van der Waals surface area (Å²) < 4.78 is 0. The van der Waals surface area contributed by atoms with Crippen molar-refractivity contribution >= 4 is 17.3 Å². The normalized spacial score (nSPS) is 10.6. The molecule has 2 rings (SSSR count). The number of para-hydroxylation sites is 1. The van der Waals surface area contributed by atoms with E-state index in [1.807, 2.05) is 26.0 Å². The van der Waals surface area contributed by atoms with E-state index < -0.39 is 0 Å². The van der Waals surface area contributed by atoms with Crippen LogP contribution in [0.1, 0.15) is 23.0 Å². The number of nitrogens with two attached hydrogens (primary N) is 1. The minimum absolute atomic E-state index is 0.593. The van der Waals surface area contributed by atoms with Crippen molar-refractivity contribution in [3.63, 3.8) is 0 Å². The van der Waals surface area contributed by atoms with Crippen molar-refractivity contribution in [2.24, 2.45) is 0 Å². The highest BCUT2D eigenvalue weighted by atomic mass is 35.5. The average Bonchev–Trinajstić information content (AvgIpc) is 2.30. The summed E-state index contributed by atoms with van der Waals surface area (Å²) >= 11 is 5.98. The molecule has 2 aromatic rings. The van der Waals surface area contributed by atoms with E-state index >= 15 is 0 Å². The highest BCUT2D eigenvalue weighted by molar-refractivity contribution is 6.33. The Morgan fingerprint density at radius 2 is 1.72 bits per heavy atom. The fourth-order valence-electron chi connectivity index (χ4n) is 1.84. The van der Waals surface area contributed by atoms with Gasteiger partial charge in [-0.25, -0.2) is 15.0 Å². The lowest BCUT2D eigenvalue weighted by atomic mass is 10.1. The van der Waals surface area contributed by atoms with Gasteiger partial charge in [0.05, 0.1) is 10.7 Å². The average molecular weight is 263 g/mol. The van der Waals surface area contributed by atoms with E-state index in [0.717, 1.165) is 35.9 Å². The summed E-state index contributed by atoms with van der Waals surface area (Å²) in [5.41, 5.74) is 7.59. The van der Waals surface area contributed by atoms with Gasteiger partial charge in [0, 0.05) is 6.42 Å². The molecule has 0 unspecified atom stereocenters. The van der Waals surface area contributed by atoms with Crippen LogP contribution >= 0.6 is 11.6 Å². The zero-order chi connectivity index (χ0) is 13.1. The third-order valence-corrected chi connectivity index (χ3v) is 3.00. The zero-order valence-corrected chi connectivity index (χ0v) is 11.2. The molecule has 0 spiro atoms. The second kappa shape index (κ2) is 5.31. The molecule has 0 saturated carbocycles. The second-order valence-corrected chi connectivity index (χ2v) is 4.57. The Labute approximate surface area is 111 Å². The molecule has 0 aliphatic heterocycles. The molecule has 94 valence electrons. The van der Waals surface area contributed by atoms with Crippen LogP contribution in [0.3, 0.4) is 0 Å². The van der Waals surface area contributed by atoms with Crippen LogP contribution in [0.4, 0.5) is 5.69 Å². The third-order valence-electron chi connectivity index (χ3n) is 2.67. The molecule has 0 aliphatic rings. The van der Waals surface area contributed by atoms with Gasteiger partial charge in [-0.1, -0.05) is 23.7 Å². The van der Waals surface area contributed by atoms with Crippen LogP contribution in [0, 0.1) is 13.8 Å². The van der Waals surface area contributed by atoms with E-state index in [0.29, 0.717) is 10.7 Å². The first-order valence-electron chi connectivity index (χ1n) is 5.77. The van der Waals surface area contributed by atoms with Gasteiger partial charge in [0.15, 0.2) is 0 Å². The van der Waals surface area contributed by atoms with E-state index in [9.17, 15) is 0 Å². The molecular weight excluding hydrogens is 248 g/mol. The lowest BCUT2D eigenvalue weighted by Crippen LogP contribution is -2.05. The first-order chi connectivity index (χ1) is 8.56. The molecular formula is C13H15ClN4. The molecule has 5 heteroatoms. The van der Waals surface area contributed by atoms with E-state index in [1.54, 1.807) is 6.07 Å². The topological polar surface area (TPSA) is 64.7 Å². The van der Waals surface area contributed by atoms with Gasteiger partial charge in [0.1, 0.15) is 17.5 Å². The molecule has 0 saturated heterocycles. The number of nitrogen functional groups attached to an aromatic ring is 1. The lowest BCUT2D eigenvalue weighted by Gasteiger charge is -2.07. The van der Waals surface area contributed by atoms with Crippen molar-refractivity contribution in [3.05, 3.63) is 46.3 Å². The largest absolute Gasteiger partial charge is 0.397 e. The Morgan fingerprint density at radius 3 is 2.39 bits per heavy atom. The van der Waals surface area contributed by atoms with Gasteiger partial charge >= 0.3 is 0 Å². The molecule has 0 aliphatic carbocycles. The van der Waals surface area contributed by atoms with Gasteiger partial charge in [0.2, 0.25) is 0 Å². The molecule has 0 amide bonds. The van der Waals surface area contributed by atoms with E-state index in [-0.39, 0.29) is 0 Å². The lowest BCUT2D eigenvalue weighted by molar-refractivity contribution is 0.794. The molecule has 18 heavy (non-hydrogen) atoms. The number of halogens is 1. The van der Waals surface area contributed by atoms with Gasteiger partial charge in [-0.3, -0.25) is 0 Å². The van der Waals surface area contributed by atoms with Gasteiger partial charge in [-0.15, -0.1) is 0 Å². The van der Waals surface area contributed by atoms with Crippen LogP contribution in [0.15, 0.2) is 18.2 Å². The van der Waals surface area contributed by atoms with Gasteiger partial charge in [-0.05, 0) is 31.9 Å². The summed E-state index contributed by atoms with van der Waals surface area (Å²) in [6.07, 6.45) is 1.50. The number of nitrogens with zero attached hydrogens (tertiary/aromatic N) is 3. The summed E-state index contributed by atoms with van der Waals surface area (Å²) in [6.45, 7) is 3.73. The van der Waals surface area contributed by atoms with E-state index in [1.165, 1.54) is 0 Å². The molecule has 1 heterocycles. The van der Waals surface area contributed by atoms with Gasteiger partial charge in [-0.2, -0.15) is 0 Å². The third kappa shape index (κ3) is 2.96. The summed E-state index contributed by atoms with van der Waals surface area (Å²) in [5.74, 6) is 2.28. The predicted molar refractivity (Wildman–Crippen MR) is 72.6 cm³/mol. The van der Waals surface area contributed by atoms with Crippen LogP contribution in [-0.2, 0) is 12.8 Å². The summed E-state index contributed by atoms with van der Waals surface area (Å²) in [4.78, 5) is 12.8. The number of aryl methyl sites for hydroxylation is 4. The van der Waals surface area contributed by atoms with Crippen molar-refractivity contribution in [3.8, 4) is 0 Å². The first-order valence-corrected chi connectivity index (χ1v) is 6.15. The number of aromatic nitrogens is 3. The van der Waals surface area contributed by atoms with Crippen LogP contribution in [0.5, 0.6) is 0 Å². The van der Waals surface area contributed by atoms with Crippen molar-refractivity contribution < 1.29 is 0 Å². The maximum Gasteiger partial charge on any atom is 0.132 e. The van der Waals surface area contributed by atoms with Crippen molar-refractivity contribution in [2.75, 3.05) is 5.73 Å². The minimum Gasteiger partial charge on any atom is -0.397 e. The monoisotopic (exact) mass is 262 g/mol. The number of hydrogen-bond donors (Lipinski definition) is 1. The quantitative estimate of drug-likeness (QED) is 0.864. The Bertz CT molecular complexity index is 549. The van der Waals surface area contributed by atoms with Crippen LogP contribution in [-0.4, -0.2) is 15.0 Å². The Morgan fingerprint density at radius 1 is 1.06 bits per heavy atom. The van der Waals surface area contributed by atoms with Crippen LogP contribution in [0.25, 0.3) is 0 Å². The number of rotatable bonds is 3. The van der Waals surface area contributed by atoms with Crippen molar-refractivity contribution in [2.45, 2.75) is 26.7 Å². The number of hydrogen-bond acceptors (Lipinski definition) is 4. The first kappa shape index (κ1) is 12.8. The smallest absolute Gasteiger partial charge is 0.132 e. The highest BCUT2D eigenvalue weighted by Crippen LogP contribution is 2.23. The zero-order valence-electron chi connectivity index (χ0n) is 10.4. The molecule has 4 nitrogen and oxygen atoms in total. The molecule has 1 aromatic heterocycles. The second-order valence-electron chi connectivity index (χ2n) is 4.16. The molecule has 0 radical (unpaired) electrons. The van der Waals surface area contributed by atoms with Crippen molar-refractivity contribution in [1.82, 2.24) is 15.0 Å². The summed E-state index contributed by atoms with van der Waals surface area (Å²) in [7, 11) is 0. The maximum absolute atomic E-state index is 5.98. The minimum atomic E-state index is 0.593. The molecule has 0 fully saturated rings. The Kier molecular flexibility index (Phi) is 3.77. The maximum atomic E-state index is 5.98. The fourth-order valence-corrected chi connectivity index (χ4v) is 2.03. The fraction of sp³-hybridized carbons (Fsp3) is 0.308. The molecule has 0 bridgehead atoms.